The van der Waals surface area contributed by atoms with Gasteiger partial charge in [-0.15, -0.1) is 0 Å². The van der Waals surface area contributed by atoms with Crippen molar-refractivity contribution in [3.63, 3.8) is 0 Å². The molecule has 0 radical (unpaired) electrons. The van der Waals surface area contributed by atoms with Crippen LogP contribution >= 0.6 is 11.6 Å². The lowest BCUT2D eigenvalue weighted by atomic mass is 10.1. The highest BCUT2D eigenvalue weighted by atomic mass is 35.5. The van der Waals surface area contributed by atoms with Gasteiger partial charge in [-0.25, -0.2) is 4.39 Å². The van der Waals surface area contributed by atoms with Crippen molar-refractivity contribution >= 4 is 17.4 Å². The highest BCUT2D eigenvalue weighted by molar-refractivity contribution is 6.31. The summed E-state index contributed by atoms with van der Waals surface area (Å²) in [7, 11) is 0. The van der Waals surface area contributed by atoms with Crippen molar-refractivity contribution < 1.29 is 9.18 Å². The summed E-state index contributed by atoms with van der Waals surface area (Å²) in [5.74, 6) is -0.112. The van der Waals surface area contributed by atoms with Gasteiger partial charge < -0.3 is 4.57 Å². The van der Waals surface area contributed by atoms with Gasteiger partial charge in [-0.1, -0.05) is 17.7 Å². The van der Waals surface area contributed by atoms with Crippen LogP contribution in [0.4, 0.5) is 4.39 Å². The predicted molar refractivity (Wildman–Crippen MR) is 76.8 cm³/mol. The number of rotatable bonds is 2. The van der Waals surface area contributed by atoms with E-state index in [1.54, 1.807) is 6.07 Å². The lowest BCUT2D eigenvalue weighted by Crippen LogP contribution is -1.99. The second kappa shape index (κ2) is 5.41. The molecule has 104 valence electrons. The smallest absolute Gasteiger partial charge is 0.164 e. The third-order valence-corrected chi connectivity index (χ3v) is 4.08. The summed E-state index contributed by atoms with van der Waals surface area (Å²) in [6, 6.07) is 4.40. The largest absolute Gasteiger partial charge is 0.349 e. The van der Waals surface area contributed by atoms with Crippen LogP contribution in [0.2, 0.25) is 5.02 Å². The Morgan fingerprint density at radius 1 is 1.20 bits per heavy atom. The maximum atomic E-state index is 13.0. The summed E-state index contributed by atoms with van der Waals surface area (Å²) < 4.78 is 15.0. The number of nitrogens with zero attached hydrogens (tertiary/aromatic N) is 1. The molecule has 0 unspecified atom stereocenters. The van der Waals surface area contributed by atoms with Crippen LogP contribution in [0.3, 0.4) is 0 Å². The van der Waals surface area contributed by atoms with Gasteiger partial charge >= 0.3 is 0 Å². The average molecular weight is 292 g/mol. The molecule has 1 heterocycles. The molecule has 1 aromatic carbocycles. The van der Waals surface area contributed by atoms with Gasteiger partial charge in [0.15, 0.2) is 5.78 Å². The number of halogens is 2. The zero-order valence-electron chi connectivity index (χ0n) is 11.0. The highest BCUT2D eigenvalue weighted by Gasteiger charge is 2.17. The first-order valence-corrected chi connectivity index (χ1v) is 7.17. The van der Waals surface area contributed by atoms with E-state index in [1.165, 1.54) is 12.1 Å². The van der Waals surface area contributed by atoms with Crippen molar-refractivity contribution in [3.05, 3.63) is 58.1 Å². The van der Waals surface area contributed by atoms with E-state index in [1.807, 2.05) is 17.0 Å². The number of carbonyl (C=O) groups excluding carboxylic acids is 1. The van der Waals surface area contributed by atoms with Crippen LogP contribution in [0.1, 0.15) is 40.7 Å². The molecule has 2 aromatic rings. The van der Waals surface area contributed by atoms with Crippen molar-refractivity contribution in [3.8, 4) is 0 Å². The highest BCUT2D eigenvalue weighted by Crippen LogP contribution is 2.24. The zero-order valence-corrected chi connectivity index (χ0v) is 11.8. The third kappa shape index (κ3) is 2.63. The molecule has 3 rings (SSSR count). The molecule has 0 amide bonds. The predicted octanol–water partition coefficient (Wildman–Crippen LogP) is 4.24. The van der Waals surface area contributed by atoms with Crippen molar-refractivity contribution in [2.75, 3.05) is 0 Å². The normalized spacial score (nSPS) is 15.0. The number of carbonyl (C=O) groups is 1. The molecule has 1 aliphatic carbocycles. The Labute approximate surface area is 122 Å². The molecular weight excluding hydrogens is 277 g/mol. The molecular formula is C16H15ClFNO. The van der Waals surface area contributed by atoms with Crippen molar-refractivity contribution in [2.24, 2.45) is 0 Å². The summed E-state index contributed by atoms with van der Waals surface area (Å²) in [6.45, 7) is 0.555. The fourth-order valence-corrected chi connectivity index (χ4v) is 2.91. The number of Topliss-reactive ketones (excluding diaryl/α,β-unsaturated/α-hetero) is 1. The third-order valence-electron chi connectivity index (χ3n) is 3.73. The summed E-state index contributed by atoms with van der Waals surface area (Å²) in [6.07, 6.45) is 7.51. The number of hydrogen-bond donors (Lipinski definition) is 0. The lowest BCUT2D eigenvalue weighted by Gasteiger charge is -2.06. The topological polar surface area (TPSA) is 22.0 Å². The van der Waals surface area contributed by atoms with Gasteiger partial charge in [-0.3, -0.25) is 4.79 Å². The number of aromatic nitrogens is 1. The molecule has 0 N–H and O–H groups in total. The van der Waals surface area contributed by atoms with E-state index in [2.05, 4.69) is 0 Å². The van der Waals surface area contributed by atoms with Gasteiger partial charge in [0, 0.05) is 35.9 Å². The maximum Gasteiger partial charge on any atom is 0.164 e. The van der Waals surface area contributed by atoms with E-state index in [-0.39, 0.29) is 11.6 Å². The number of aryl methyl sites for hydroxylation is 1. The average Bonchev–Trinajstić information content (AvgIpc) is 2.73. The minimum absolute atomic E-state index is 0.224. The Bertz CT molecular complexity index is 662. The van der Waals surface area contributed by atoms with Crippen molar-refractivity contribution in [2.45, 2.75) is 32.2 Å². The minimum atomic E-state index is -0.336. The Morgan fingerprint density at radius 2 is 2.00 bits per heavy atom. The number of hydrogen-bond acceptors (Lipinski definition) is 1. The van der Waals surface area contributed by atoms with Gasteiger partial charge in [-0.2, -0.15) is 0 Å². The molecule has 2 nitrogen and oxygen atoms in total. The quantitative estimate of drug-likeness (QED) is 0.759. The van der Waals surface area contributed by atoms with E-state index in [0.29, 0.717) is 18.0 Å². The van der Waals surface area contributed by atoms with E-state index < -0.39 is 0 Å². The van der Waals surface area contributed by atoms with Crippen LogP contribution in [-0.4, -0.2) is 10.4 Å². The maximum absolute atomic E-state index is 13.0. The van der Waals surface area contributed by atoms with Crippen LogP contribution in [0.25, 0.3) is 0 Å². The minimum Gasteiger partial charge on any atom is -0.349 e. The molecule has 0 spiro atoms. The van der Waals surface area contributed by atoms with Crippen LogP contribution in [0, 0.1) is 5.82 Å². The number of benzene rings is 1. The Balaban J connectivity index is 1.88. The van der Waals surface area contributed by atoms with Crippen LogP contribution in [0.5, 0.6) is 0 Å². The SMILES string of the molecule is O=C1CCCCc2cn(Cc3ccc(F)cc3Cl)cc21. The monoisotopic (exact) mass is 291 g/mol. The Hall–Kier alpha value is -1.61. The summed E-state index contributed by atoms with van der Waals surface area (Å²) in [4.78, 5) is 12.0. The summed E-state index contributed by atoms with van der Waals surface area (Å²) in [5.41, 5.74) is 2.80. The molecule has 0 aliphatic heterocycles. The standard InChI is InChI=1S/C16H15ClFNO/c17-15-7-13(18)6-5-12(15)9-19-8-11-3-1-2-4-16(20)14(11)10-19/h5-8,10H,1-4,9H2. The molecule has 0 atom stereocenters. The molecule has 0 fully saturated rings. The molecule has 0 saturated heterocycles. The molecule has 0 saturated carbocycles. The number of ketones is 1. The number of fused-ring (bicyclic) bond motifs is 1. The van der Waals surface area contributed by atoms with Gasteiger partial charge in [0.1, 0.15) is 5.82 Å². The van der Waals surface area contributed by atoms with Crippen LogP contribution < -0.4 is 0 Å². The molecule has 0 bridgehead atoms. The summed E-state index contributed by atoms with van der Waals surface area (Å²) in [5, 5.41) is 0.417. The van der Waals surface area contributed by atoms with E-state index in [0.717, 1.165) is 36.0 Å². The molecule has 20 heavy (non-hydrogen) atoms. The van der Waals surface area contributed by atoms with E-state index >= 15 is 0 Å². The van der Waals surface area contributed by atoms with Gasteiger partial charge in [0.05, 0.1) is 0 Å². The molecule has 1 aliphatic rings. The second-order valence-corrected chi connectivity index (χ2v) is 5.64. The van der Waals surface area contributed by atoms with Gasteiger partial charge in [0.2, 0.25) is 0 Å². The Morgan fingerprint density at radius 3 is 2.80 bits per heavy atom. The van der Waals surface area contributed by atoms with Crippen LogP contribution in [0.15, 0.2) is 30.6 Å². The van der Waals surface area contributed by atoms with Gasteiger partial charge in [0.25, 0.3) is 0 Å². The molecule has 1 aromatic heterocycles. The second-order valence-electron chi connectivity index (χ2n) is 5.24. The van der Waals surface area contributed by atoms with Crippen molar-refractivity contribution in [1.29, 1.82) is 0 Å². The van der Waals surface area contributed by atoms with E-state index in [9.17, 15) is 9.18 Å². The fourth-order valence-electron chi connectivity index (χ4n) is 2.68. The van der Waals surface area contributed by atoms with E-state index in [4.69, 9.17) is 11.6 Å². The van der Waals surface area contributed by atoms with Crippen LogP contribution in [-0.2, 0) is 13.0 Å². The lowest BCUT2D eigenvalue weighted by molar-refractivity contribution is 0.0982. The first-order valence-electron chi connectivity index (χ1n) is 6.79. The first kappa shape index (κ1) is 13.4. The first-order chi connectivity index (χ1) is 9.63. The molecule has 4 heteroatoms. The fraction of sp³-hybridized carbons (Fsp3) is 0.312. The summed E-state index contributed by atoms with van der Waals surface area (Å²) >= 11 is 6.04. The Kier molecular flexibility index (Phi) is 3.62. The van der Waals surface area contributed by atoms with Gasteiger partial charge in [-0.05, 0) is 42.5 Å². The zero-order chi connectivity index (χ0) is 14.1. The van der Waals surface area contributed by atoms with Crippen molar-refractivity contribution in [1.82, 2.24) is 4.57 Å².